The highest BCUT2D eigenvalue weighted by molar-refractivity contribution is 6.35. The highest BCUT2D eigenvalue weighted by Crippen LogP contribution is 2.54. The Hall–Kier alpha value is -1.75. The number of halogens is 3. The number of nitro groups is 1. The smallest absolute Gasteiger partial charge is 0.275 e. The molecule has 1 aliphatic heterocycles. The molecule has 0 fully saturated rings. The molecule has 25 heavy (non-hydrogen) atoms. The number of nitrogens with one attached hydrogen (secondary N) is 1. The van der Waals surface area contributed by atoms with Gasteiger partial charge in [-0.3, -0.25) is 10.1 Å². The number of nitro benzene ring substituents is 1. The molecule has 0 spiro atoms. The van der Waals surface area contributed by atoms with Crippen molar-refractivity contribution in [2.45, 2.75) is 18.4 Å². The molecule has 0 amide bonds. The minimum Gasteiger partial charge on any atom is -0.376 e. The van der Waals surface area contributed by atoms with E-state index in [1.807, 2.05) is 12.1 Å². The van der Waals surface area contributed by atoms with E-state index in [1.54, 1.807) is 18.2 Å². The van der Waals surface area contributed by atoms with E-state index < -0.39 is 0 Å². The fraction of sp³-hybridized carbons (Fsp3) is 0.222. The summed E-state index contributed by atoms with van der Waals surface area (Å²) in [6.07, 6.45) is 4.91. The van der Waals surface area contributed by atoms with Gasteiger partial charge in [-0.1, -0.05) is 53.0 Å². The summed E-state index contributed by atoms with van der Waals surface area (Å²) in [7, 11) is 0. The number of allylic oxidation sites excluding steroid dienone is 2. The molecule has 4 nitrogen and oxygen atoms in total. The second-order valence-corrected chi connectivity index (χ2v) is 7.50. The van der Waals surface area contributed by atoms with Gasteiger partial charge in [0.15, 0.2) is 0 Å². The quantitative estimate of drug-likeness (QED) is 0.364. The lowest BCUT2D eigenvalue weighted by molar-refractivity contribution is -0.385. The van der Waals surface area contributed by atoms with Crippen molar-refractivity contribution >= 4 is 46.2 Å². The summed E-state index contributed by atoms with van der Waals surface area (Å²) in [6.45, 7) is 0. The van der Waals surface area contributed by atoms with Crippen LogP contribution in [0.2, 0.25) is 15.1 Å². The molecule has 0 saturated heterocycles. The van der Waals surface area contributed by atoms with E-state index in [0.717, 1.165) is 12.0 Å². The zero-order chi connectivity index (χ0) is 17.7. The summed E-state index contributed by atoms with van der Waals surface area (Å²) in [5.74, 6) is 0.0513. The molecule has 7 heteroatoms. The molecule has 0 radical (unpaired) electrons. The van der Waals surface area contributed by atoms with Crippen LogP contribution in [0.5, 0.6) is 0 Å². The molecule has 2 aromatic carbocycles. The largest absolute Gasteiger partial charge is 0.376 e. The predicted octanol–water partition coefficient (Wildman–Crippen LogP) is 6.38. The second-order valence-electron chi connectivity index (χ2n) is 6.25. The van der Waals surface area contributed by atoms with Gasteiger partial charge in [-0.15, -0.1) is 0 Å². The fourth-order valence-electron chi connectivity index (χ4n) is 3.88. The van der Waals surface area contributed by atoms with Gasteiger partial charge >= 0.3 is 0 Å². The first kappa shape index (κ1) is 16.7. The van der Waals surface area contributed by atoms with Gasteiger partial charge in [0.1, 0.15) is 0 Å². The van der Waals surface area contributed by atoms with E-state index in [1.165, 1.54) is 6.07 Å². The summed E-state index contributed by atoms with van der Waals surface area (Å²) >= 11 is 18.8. The molecule has 0 unspecified atom stereocenters. The fourth-order valence-corrected chi connectivity index (χ4v) is 4.62. The van der Waals surface area contributed by atoms with E-state index in [-0.39, 0.29) is 28.5 Å². The number of benzene rings is 2. The van der Waals surface area contributed by atoms with Gasteiger partial charge < -0.3 is 5.32 Å². The Morgan fingerprint density at radius 3 is 2.64 bits per heavy atom. The lowest BCUT2D eigenvalue weighted by atomic mass is 9.76. The van der Waals surface area contributed by atoms with Crippen molar-refractivity contribution in [2.24, 2.45) is 5.92 Å². The molecule has 4 rings (SSSR count). The molecule has 128 valence electrons. The summed E-state index contributed by atoms with van der Waals surface area (Å²) < 4.78 is 0. The Morgan fingerprint density at radius 1 is 1.12 bits per heavy atom. The van der Waals surface area contributed by atoms with Gasteiger partial charge in [0.2, 0.25) is 0 Å². The number of hydrogen-bond acceptors (Lipinski definition) is 3. The normalized spacial score (nSPS) is 23.7. The van der Waals surface area contributed by atoms with Gasteiger partial charge in [-0.05, 0) is 36.1 Å². The third-order valence-corrected chi connectivity index (χ3v) is 5.82. The van der Waals surface area contributed by atoms with Gasteiger partial charge in [0, 0.05) is 22.0 Å². The van der Waals surface area contributed by atoms with Crippen molar-refractivity contribution in [1.29, 1.82) is 0 Å². The van der Waals surface area contributed by atoms with Crippen molar-refractivity contribution < 1.29 is 4.92 Å². The van der Waals surface area contributed by atoms with Crippen LogP contribution in [0.4, 0.5) is 11.4 Å². The first-order valence-corrected chi connectivity index (χ1v) is 8.95. The number of anilines is 1. The number of fused-ring (bicyclic) bond motifs is 3. The second kappa shape index (κ2) is 6.20. The standard InChI is InChI=1S/C18H13Cl3N2O2/c19-9-4-5-12(14(21)8-9)17-11-3-1-2-10(11)16-15(23(24)25)7-6-13(20)18(16)22-17/h1-2,4-8,10-11,17,22H,3H2/t10-,11+,17+/m1/s1. The Bertz CT molecular complexity index is 913. The number of hydrogen-bond donors (Lipinski definition) is 1. The van der Waals surface area contributed by atoms with Gasteiger partial charge in [0.05, 0.1) is 27.2 Å². The Balaban J connectivity index is 1.89. The van der Waals surface area contributed by atoms with Crippen LogP contribution in [0.25, 0.3) is 0 Å². The van der Waals surface area contributed by atoms with Crippen LogP contribution in [0.3, 0.4) is 0 Å². The molecule has 3 atom stereocenters. The van der Waals surface area contributed by atoms with Crippen molar-refractivity contribution in [3.63, 3.8) is 0 Å². The van der Waals surface area contributed by atoms with E-state index in [4.69, 9.17) is 34.8 Å². The number of rotatable bonds is 2. The first-order chi connectivity index (χ1) is 12.0. The maximum atomic E-state index is 11.5. The topological polar surface area (TPSA) is 55.2 Å². The van der Waals surface area contributed by atoms with E-state index in [0.29, 0.717) is 26.3 Å². The first-order valence-electron chi connectivity index (χ1n) is 7.82. The van der Waals surface area contributed by atoms with E-state index in [2.05, 4.69) is 11.4 Å². The van der Waals surface area contributed by atoms with Crippen LogP contribution in [0.15, 0.2) is 42.5 Å². The van der Waals surface area contributed by atoms with Crippen LogP contribution in [-0.2, 0) is 0 Å². The highest BCUT2D eigenvalue weighted by atomic mass is 35.5. The lowest BCUT2D eigenvalue weighted by Crippen LogP contribution is -2.30. The molecule has 1 aliphatic carbocycles. The van der Waals surface area contributed by atoms with Crippen LogP contribution < -0.4 is 5.32 Å². The average Bonchev–Trinajstić information content (AvgIpc) is 3.04. The molecule has 1 N–H and O–H groups in total. The Kier molecular flexibility index (Phi) is 4.14. The maximum absolute atomic E-state index is 11.5. The molecule has 0 aromatic heterocycles. The van der Waals surface area contributed by atoms with Crippen LogP contribution in [0, 0.1) is 16.0 Å². The monoisotopic (exact) mass is 394 g/mol. The zero-order valence-corrected chi connectivity index (χ0v) is 15.1. The highest BCUT2D eigenvalue weighted by Gasteiger charge is 2.42. The van der Waals surface area contributed by atoms with Gasteiger partial charge in [-0.25, -0.2) is 0 Å². The predicted molar refractivity (Wildman–Crippen MR) is 101 cm³/mol. The number of nitrogens with zero attached hydrogens (tertiary/aromatic N) is 1. The summed E-state index contributed by atoms with van der Waals surface area (Å²) in [4.78, 5) is 11.1. The zero-order valence-electron chi connectivity index (χ0n) is 12.9. The molecule has 0 bridgehead atoms. The molecular weight excluding hydrogens is 383 g/mol. The van der Waals surface area contributed by atoms with Crippen LogP contribution in [0.1, 0.15) is 29.5 Å². The van der Waals surface area contributed by atoms with Crippen molar-refractivity contribution in [3.8, 4) is 0 Å². The van der Waals surface area contributed by atoms with Crippen molar-refractivity contribution in [2.75, 3.05) is 5.32 Å². The molecule has 2 aromatic rings. The van der Waals surface area contributed by atoms with Gasteiger partial charge in [0.25, 0.3) is 5.69 Å². The van der Waals surface area contributed by atoms with Gasteiger partial charge in [-0.2, -0.15) is 0 Å². The Morgan fingerprint density at radius 2 is 1.92 bits per heavy atom. The average molecular weight is 396 g/mol. The lowest BCUT2D eigenvalue weighted by Gasteiger charge is -2.37. The van der Waals surface area contributed by atoms with E-state index >= 15 is 0 Å². The molecule has 0 saturated carbocycles. The maximum Gasteiger partial charge on any atom is 0.275 e. The molecule has 1 heterocycles. The Labute approximate surface area is 159 Å². The third-order valence-electron chi connectivity index (χ3n) is 4.94. The van der Waals surface area contributed by atoms with Crippen molar-refractivity contribution in [1.82, 2.24) is 0 Å². The molecule has 2 aliphatic rings. The van der Waals surface area contributed by atoms with Crippen molar-refractivity contribution in [3.05, 3.63) is 78.8 Å². The third kappa shape index (κ3) is 2.69. The van der Waals surface area contributed by atoms with Crippen LogP contribution in [-0.4, -0.2) is 4.92 Å². The van der Waals surface area contributed by atoms with E-state index in [9.17, 15) is 10.1 Å². The summed E-state index contributed by atoms with van der Waals surface area (Å²) in [5.41, 5.74) is 2.27. The summed E-state index contributed by atoms with van der Waals surface area (Å²) in [5, 5.41) is 16.5. The SMILES string of the molecule is O=[N+]([O-])c1ccc(Cl)c2c1[C@@H]1C=CC[C@@H]1[C@@H](c1ccc(Cl)cc1Cl)N2. The summed E-state index contributed by atoms with van der Waals surface area (Å²) in [6, 6.07) is 8.34. The minimum atomic E-state index is -0.352. The molecular formula is C18H13Cl3N2O2. The van der Waals surface area contributed by atoms with Crippen LogP contribution >= 0.6 is 34.8 Å². The minimum absolute atomic E-state index is 0.0768.